The third-order valence-corrected chi connectivity index (χ3v) is 3.93. The van der Waals surface area contributed by atoms with E-state index in [1.807, 2.05) is 0 Å². The van der Waals surface area contributed by atoms with Crippen LogP contribution in [0.5, 0.6) is 0 Å². The number of nitrogens with zero attached hydrogens (tertiary/aromatic N) is 2. The lowest BCUT2D eigenvalue weighted by atomic mass is 10.0. The number of alkyl halides is 8. The molecule has 0 saturated heterocycles. The van der Waals surface area contributed by atoms with Crippen LogP contribution < -0.4 is 11.3 Å². The first kappa shape index (κ1) is 19.8. The maximum absolute atomic E-state index is 13.9. The number of fused-ring (bicyclic) bond motifs is 3. The number of aromatic nitrogens is 2. The Labute approximate surface area is 149 Å². The van der Waals surface area contributed by atoms with Crippen molar-refractivity contribution in [3.05, 3.63) is 47.4 Å². The fraction of sp³-hybridized carbons (Fsp3) is 0.200. The van der Waals surface area contributed by atoms with Crippen molar-refractivity contribution in [3.8, 4) is 0 Å². The lowest BCUT2D eigenvalue weighted by Gasteiger charge is -2.22. The fourth-order valence-corrected chi connectivity index (χ4v) is 2.63. The molecule has 3 aromatic heterocycles. The van der Waals surface area contributed by atoms with Gasteiger partial charge in [-0.25, -0.2) is 10.8 Å². The Morgan fingerprint density at radius 1 is 1.07 bits per heavy atom. The number of hydrogen-bond acceptors (Lipinski definition) is 3. The Hall–Kier alpha value is -2.96. The zero-order valence-corrected chi connectivity index (χ0v) is 13.3. The summed E-state index contributed by atoms with van der Waals surface area (Å²) >= 11 is 0. The van der Waals surface area contributed by atoms with Gasteiger partial charge in [0.25, 0.3) is 5.91 Å². The molecule has 0 unspecified atom stereocenters. The Kier molecular flexibility index (Phi) is 4.26. The number of carbonyl (C=O) groups is 1. The summed E-state index contributed by atoms with van der Waals surface area (Å²) in [6.45, 7) is 0. The molecule has 3 aromatic rings. The second-order valence-corrected chi connectivity index (χ2v) is 5.70. The number of nitrogens with one attached hydrogen (secondary N) is 1. The molecule has 0 atom stereocenters. The summed E-state index contributed by atoms with van der Waals surface area (Å²) in [5.41, 5.74) is -3.31. The van der Waals surface area contributed by atoms with Crippen LogP contribution in [0.15, 0.2) is 30.6 Å². The molecular weight excluding hydrogens is 404 g/mol. The van der Waals surface area contributed by atoms with Crippen molar-refractivity contribution in [2.75, 3.05) is 0 Å². The van der Waals surface area contributed by atoms with E-state index in [1.54, 1.807) is 5.43 Å². The smallest absolute Gasteiger partial charge is 0.321 e. The van der Waals surface area contributed by atoms with Gasteiger partial charge < -0.3 is 4.40 Å². The SMILES string of the molecule is NNC(=O)c1cc2c3nc(C(F)(F)F)cc(C(F)(F)C(F)(F)F)c3ccn2c1. The average molecular weight is 412 g/mol. The number of nitrogens with two attached hydrogens (primary N) is 1. The third-order valence-electron chi connectivity index (χ3n) is 3.93. The van der Waals surface area contributed by atoms with Crippen molar-refractivity contribution >= 4 is 22.3 Å². The molecule has 0 fully saturated rings. The molecule has 13 heteroatoms. The molecule has 0 bridgehead atoms. The Morgan fingerprint density at radius 2 is 1.71 bits per heavy atom. The van der Waals surface area contributed by atoms with E-state index in [0.717, 1.165) is 28.9 Å². The van der Waals surface area contributed by atoms with Gasteiger partial charge in [-0.3, -0.25) is 10.2 Å². The van der Waals surface area contributed by atoms with Gasteiger partial charge in [0.2, 0.25) is 0 Å². The molecule has 0 aromatic carbocycles. The van der Waals surface area contributed by atoms with Crippen LogP contribution in [0.1, 0.15) is 21.6 Å². The first-order valence-electron chi connectivity index (χ1n) is 7.26. The molecule has 1 amide bonds. The van der Waals surface area contributed by atoms with Gasteiger partial charge in [-0.1, -0.05) is 0 Å². The number of halogens is 8. The van der Waals surface area contributed by atoms with Crippen LogP contribution in [0, 0.1) is 0 Å². The number of pyridine rings is 2. The summed E-state index contributed by atoms with van der Waals surface area (Å²) in [5.74, 6) is -1.48. The van der Waals surface area contributed by atoms with Crippen molar-refractivity contribution in [1.29, 1.82) is 0 Å². The number of amides is 1. The molecule has 3 heterocycles. The van der Waals surface area contributed by atoms with E-state index in [-0.39, 0.29) is 17.1 Å². The molecule has 0 aliphatic carbocycles. The van der Waals surface area contributed by atoms with Crippen molar-refractivity contribution in [1.82, 2.24) is 14.8 Å². The predicted molar refractivity (Wildman–Crippen MR) is 79.3 cm³/mol. The van der Waals surface area contributed by atoms with Gasteiger partial charge in [0, 0.05) is 23.3 Å². The number of nitrogen functional groups attached to an aromatic ring is 1. The molecule has 0 spiro atoms. The summed E-state index contributed by atoms with van der Waals surface area (Å²) in [6.07, 6.45) is -9.32. The van der Waals surface area contributed by atoms with Gasteiger partial charge in [0.1, 0.15) is 5.69 Å². The highest BCUT2D eigenvalue weighted by Gasteiger charge is 2.60. The molecular formula is C15H8F8N4O. The van der Waals surface area contributed by atoms with Gasteiger partial charge in [-0.05, 0) is 18.2 Å². The highest BCUT2D eigenvalue weighted by atomic mass is 19.4. The molecule has 150 valence electrons. The first-order valence-corrected chi connectivity index (χ1v) is 7.26. The van der Waals surface area contributed by atoms with Crippen LogP contribution in [-0.2, 0) is 12.1 Å². The Balaban J connectivity index is 2.45. The van der Waals surface area contributed by atoms with E-state index in [9.17, 15) is 39.9 Å². The summed E-state index contributed by atoms with van der Waals surface area (Å²) in [5, 5.41) is -0.847. The maximum atomic E-state index is 13.9. The number of carbonyl (C=O) groups excluding carboxylic acids is 1. The second kappa shape index (κ2) is 6.02. The van der Waals surface area contributed by atoms with Crippen molar-refractivity contribution < 1.29 is 39.9 Å². The number of hydrogen-bond donors (Lipinski definition) is 2. The van der Waals surface area contributed by atoms with Crippen LogP contribution in [0.2, 0.25) is 0 Å². The summed E-state index contributed by atoms with van der Waals surface area (Å²) in [4.78, 5) is 14.8. The molecule has 3 rings (SSSR count). The second-order valence-electron chi connectivity index (χ2n) is 5.70. The monoisotopic (exact) mass is 412 g/mol. The Morgan fingerprint density at radius 3 is 2.25 bits per heavy atom. The molecule has 5 nitrogen and oxygen atoms in total. The minimum absolute atomic E-state index is 0.168. The van der Waals surface area contributed by atoms with Crippen LogP contribution in [0.4, 0.5) is 35.1 Å². The minimum atomic E-state index is -6.14. The predicted octanol–water partition coefficient (Wildman–Crippen LogP) is 3.76. The topological polar surface area (TPSA) is 72.4 Å². The van der Waals surface area contributed by atoms with Crippen LogP contribution in [0.25, 0.3) is 16.4 Å². The van der Waals surface area contributed by atoms with Crippen LogP contribution in [0.3, 0.4) is 0 Å². The highest BCUT2D eigenvalue weighted by Crippen LogP contribution is 2.47. The minimum Gasteiger partial charge on any atom is -0.321 e. The standard InChI is InChI=1S/C15H8F8N4O/c16-13(17,15(21,22)23)8-4-10(14(18,19)20)25-11-7(8)1-2-27-5-6(3-9(11)27)12(28)26-24/h1-5H,24H2,(H,26,28). The average Bonchev–Trinajstić information content (AvgIpc) is 3.02. The zero-order chi connectivity index (χ0) is 21.1. The van der Waals surface area contributed by atoms with E-state index < -0.39 is 46.3 Å². The first-order chi connectivity index (χ1) is 12.8. The van der Waals surface area contributed by atoms with Crippen molar-refractivity contribution in [2.24, 2.45) is 5.84 Å². The van der Waals surface area contributed by atoms with Crippen LogP contribution in [-0.4, -0.2) is 21.5 Å². The van der Waals surface area contributed by atoms with E-state index in [4.69, 9.17) is 5.84 Å². The molecule has 28 heavy (non-hydrogen) atoms. The molecule has 0 saturated carbocycles. The molecule has 3 N–H and O–H groups in total. The third kappa shape index (κ3) is 3.00. The van der Waals surface area contributed by atoms with Crippen molar-refractivity contribution in [2.45, 2.75) is 18.3 Å². The molecule has 0 aliphatic rings. The normalized spacial score (nSPS) is 13.3. The molecule has 0 radical (unpaired) electrons. The largest absolute Gasteiger partial charge is 0.458 e. The van der Waals surface area contributed by atoms with Gasteiger partial charge in [-0.2, -0.15) is 35.1 Å². The maximum Gasteiger partial charge on any atom is 0.458 e. The molecule has 0 aliphatic heterocycles. The summed E-state index contributed by atoms with van der Waals surface area (Å²) in [6, 6.07) is 1.39. The lowest BCUT2D eigenvalue weighted by molar-refractivity contribution is -0.288. The van der Waals surface area contributed by atoms with Crippen LogP contribution >= 0.6 is 0 Å². The zero-order valence-electron chi connectivity index (χ0n) is 13.3. The lowest BCUT2D eigenvalue weighted by Crippen LogP contribution is -2.34. The van der Waals surface area contributed by atoms with Gasteiger partial charge in [-0.15, -0.1) is 0 Å². The van der Waals surface area contributed by atoms with Gasteiger partial charge in [0.15, 0.2) is 0 Å². The van der Waals surface area contributed by atoms with Gasteiger partial charge >= 0.3 is 18.3 Å². The Bertz CT molecular complexity index is 1080. The quantitative estimate of drug-likeness (QED) is 0.291. The number of rotatable bonds is 2. The fourth-order valence-electron chi connectivity index (χ4n) is 2.63. The van der Waals surface area contributed by atoms with Crippen molar-refractivity contribution in [3.63, 3.8) is 0 Å². The summed E-state index contributed by atoms with van der Waals surface area (Å²) in [7, 11) is 0. The number of hydrazine groups is 1. The van der Waals surface area contributed by atoms with E-state index in [2.05, 4.69) is 4.98 Å². The van der Waals surface area contributed by atoms with Gasteiger partial charge in [0.05, 0.1) is 16.6 Å². The van der Waals surface area contributed by atoms with E-state index in [0.29, 0.717) is 0 Å². The van der Waals surface area contributed by atoms with E-state index >= 15 is 0 Å². The summed E-state index contributed by atoms with van der Waals surface area (Å²) < 4.78 is 107. The highest BCUT2D eigenvalue weighted by molar-refractivity contribution is 6.01. The van der Waals surface area contributed by atoms with E-state index in [1.165, 1.54) is 0 Å².